The van der Waals surface area contributed by atoms with Crippen LogP contribution >= 0.6 is 0 Å². The number of azide groups is 1. The zero-order valence-corrected chi connectivity index (χ0v) is 25.8. The predicted molar refractivity (Wildman–Crippen MR) is 167 cm³/mol. The Labute approximate surface area is 267 Å². The average molecular weight is 627 g/mol. The number of ether oxygens (including phenoxy) is 6. The van der Waals surface area contributed by atoms with E-state index in [2.05, 4.69) is 46.3 Å². The first-order chi connectivity index (χ1) is 22.6. The highest BCUT2D eigenvalue weighted by atomic mass is 16.8. The van der Waals surface area contributed by atoms with E-state index in [1.54, 1.807) is 0 Å². The highest BCUT2D eigenvalue weighted by Gasteiger charge is 2.54. The number of nitrogens with zero attached hydrogens (tertiary/aromatic N) is 6. The summed E-state index contributed by atoms with van der Waals surface area (Å²) in [5.41, 5.74) is 13.3. The molecule has 10 atom stereocenters. The van der Waals surface area contributed by atoms with Gasteiger partial charge in [0.15, 0.2) is 12.6 Å². The zero-order chi connectivity index (χ0) is 31.5. The SMILES string of the molecule is CC1[C@H](O[C@H]2C(OCc3ccccc3)C(N=[N+]=[N-])[C@@H]3OC[C@@H]2O3)OC(Cn2nnc3ccccc32)[C@H](C)[C@H]1OCc1ccccc1. The maximum atomic E-state index is 9.44. The molecule has 0 saturated carbocycles. The highest BCUT2D eigenvalue weighted by molar-refractivity contribution is 5.73. The van der Waals surface area contributed by atoms with Crippen molar-refractivity contribution in [2.45, 2.75) is 82.7 Å². The topological polar surface area (TPSA) is 135 Å². The first-order valence-corrected chi connectivity index (χ1v) is 15.8. The van der Waals surface area contributed by atoms with E-state index in [0.717, 1.165) is 22.2 Å². The summed E-state index contributed by atoms with van der Waals surface area (Å²) < 4.78 is 40.7. The lowest BCUT2D eigenvalue weighted by Crippen LogP contribution is -2.59. The van der Waals surface area contributed by atoms with Crippen LogP contribution in [0.3, 0.4) is 0 Å². The number of hydrogen-bond donors (Lipinski definition) is 0. The van der Waals surface area contributed by atoms with Crippen molar-refractivity contribution in [3.05, 3.63) is 106 Å². The number of para-hydroxylation sites is 1. The summed E-state index contributed by atoms with van der Waals surface area (Å²) in [5.74, 6) is -0.153. The minimum absolute atomic E-state index is 0.00406. The number of rotatable bonds is 11. The van der Waals surface area contributed by atoms with E-state index in [0.29, 0.717) is 19.8 Å². The summed E-state index contributed by atoms with van der Waals surface area (Å²) in [4.78, 5) is 3.09. The van der Waals surface area contributed by atoms with Crippen LogP contribution in [0.4, 0.5) is 0 Å². The van der Waals surface area contributed by atoms with Gasteiger partial charge in [-0.1, -0.05) is 97.0 Å². The first kappa shape index (κ1) is 30.8. The molecule has 2 bridgehead atoms. The summed E-state index contributed by atoms with van der Waals surface area (Å²) in [6.45, 7) is 5.75. The summed E-state index contributed by atoms with van der Waals surface area (Å²) in [6.07, 6.45) is -3.57. The van der Waals surface area contributed by atoms with Crippen LogP contribution in [-0.2, 0) is 48.2 Å². The molecular weight excluding hydrogens is 588 g/mol. The van der Waals surface area contributed by atoms with Gasteiger partial charge in [-0.25, -0.2) is 4.68 Å². The maximum absolute atomic E-state index is 9.44. The van der Waals surface area contributed by atoms with Crippen LogP contribution in [0.5, 0.6) is 0 Å². The van der Waals surface area contributed by atoms with Crippen molar-refractivity contribution in [1.29, 1.82) is 0 Å². The fourth-order valence-corrected chi connectivity index (χ4v) is 6.74. The first-order valence-electron chi connectivity index (χ1n) is 15.8. The quantitative estimate of drug-likeness (QED) is 0.122. The number of fused-ring (bicyclic) bond motifs is 3. The minimum atomic E-state index is -0.738. The van der Waals surface area contributed by atoms with Gasteiger partial charge in [0, 0.05) is 16.7 Å². The van der Waals surface area contributed by atoms with E-state index in [4.69, 9.17) is 28.4 Å². The van der Waals surface area contributed by atoms with E-state index in [1.807, 2.05) is 77.5 Å². The third kappa shape index (κ3) is 6.38. The molecule has 3 fully saturated rings. The second kappa shape index (κ2) is 13.9. The molecule has 0 amide bonds. The van der Waals surface area contributed by atoms with E-state index in [1.165, 1.54) is 0 Å². The van der Waals surface area contributed by atoms with Gasteiger partial charge in [0.05, 0.1) is 44.1 Å². The van der Waals surface area contributed by atoms with Gasteiger partial charge in [-0.3, -0.25) is 0 Å². The summed E-state index contributed by atoms with van der Waals surface area (Å²) in [5, 5.41) is 12.8. The molecule has 46 heavy (non-hydrogen) atoms. The molecule has 1 aromatic heterocycles. The number of hydrogen-bond acceptors (Lipinski definition) is 9. The van der Waals surface area contributed by atoms with Crippen molar-refractivity contribution in [2.75, 3.05) is 6.61 Å². The van der Waals surface area contributed by atoms with Crippen molar-refractivity contribution >= 4 is 11.0 Å². The Kier molecular flexibility index (Phi) is 9.27. The Hall–Kier alpha value is -3.87. The maximum Gasteiger partial charge on any atom is 0.169 e. The Morgan fingerprint density at radius 2 is 1.52 bits per heavy atom. The molecule has 3 aliphatic heterocycles. The molecule has 3 aliphatic rings. The van der Waals surface area contributed by atoms with Crippen LogP contribution in [0.1, 0.15) is 25.0 Å². The number of aromatic nitrogens is 3. The summed E-state index contributed by atoms with van der Waals surface area (Å²) >= 11 is 0. The Morgan fingerprint density at radius 1 is 0.848 bits per heavy atom. The summed E-state index contributed by atoms with van der Waals surface area (Å²) in [7, 11) is 0. The van der Waals surface area contributed by atoms with Crippen molar-refractivity contribution in [3.63, 3.8) is 0 Å². The lowest BCUT2D eigenvalue weighted by Gasteiger charge is -2.47. The lowest BCUT2D eigenvalue weighted by molar-refractivity contribution is -0.316. The van der Waals surface area contributed by atoms with Crippen LogP contribution in [0.2, 0.25) is 0 Å². The van der Waals surface area contributed by atoms with Gasteiger partial charge in [-0.15, -0.1) is 5.10 Å². The summed E-state index contributed by atoms with van der Waals surface area (Å²) in [6, 6.07) is 27.1. The van der Waals surface area contributed by atoms with Gasteiger partial charge < -0.3 is 28.4 Å². The molecule has 7 rings (SSSR count). The molecule has 4 heterocycles. The van der Waals surface area contributed by atoms with Crippen molar-refractivity contribution in [3.8, 4) is 0 Å². The average Bonchev–Trinajstić information content (AvgIpc) is 3.71. The van der Waals surface area contributed by atoms with Gasteiger partial charge in [0.25, 0.3) is 0 Å². The second-order valence-electron chi connectivity index (χ2n) is 12.2. The van der Waals surface area contributed by atoms with Crippen LogP contribution < -0.4 is 0 Å². The van der Waals surface area contributed by atoms with Gasteiger partial charge in [0.2, 0.25) is 0 Å². The molecule has 0 spiro atoms. The van der Waals surface area contributed by atoms with E-state index < -0.39 is 36.9 Å². The molecule has 4 unspecified atom stereocenters. The standard InChI is InChI=1S/C34H38N6O6/c1-21-27(17-40-26-16-10-9-15-25(26)36-39-40)44-33(22(2)30(21)41-18-23-11-5-3-6-12-23)46-31-28-20-43-34(45-28)29(37-38-35)32(31)42-19-24-13-7-4-8-14-24/h3-16,21-22,27-34H,17-20H2,1-2H3/t21-,22?,27?,28-,29?,30+,31+,32?,33-,34+/m0/s1. The molecule has 240 valence electrons. The molecule has 4 aromatic rings. The molecule has 3 saturated heterocycles. The predicted octanol–water partition coefficient (Wildman–Crippen LogP) is 5.42. The molecular formula is C34H38N6O6. The fraction of sp³-hybridized carbons (Fsp3) is 0.471. The Balaban J connectivity index is 1.16. The Morgan fingerprint density at radius 3 is 2.24 bits per heavy atom. The minimum Gasteiger partial charge on any atom is -0.373 e. The molecule has 0 radical (unpaired) electrons. The van der Waals surface area contributed by atoms with Crippen LogP contribution in [0, 0.1) is 11.8 Å². The Bertz CT molecular complexity index is 1630. The van der Waals surface area contributed by atoms with Crippen molar-refractivity contribution in [1.82, 2.24) is 15.0 Å². The third-order valence-corrected chi connectivity index (χ3v) is 9.22. The largest absolute Gasteiger partial charge is 0.373 e. The molecule has 0 N–H and O–H groups in total. The number of benzene rings is 3. The van der Waals surface area contributed by atoms with Crippen LogP contribution in [0.15, 0.2) is 90.0 Å². The van der Waals surface area contributed by atoms with Crippen molar-refractivity contribution in [2.24, 2.45) is 17.0 Å². The molecule has 12 nitrogen and oxygen atoms in total. The lowest BCUT2D eigenvalue weighted by atomic mass is 9.85. The smallest absolute Gasteiger partial charge is 0.169 e. The van der Waals surface area contributed by atoms with Gasteiger partial charge >= 0.3 is 0 Å². The van der Waals surface area contributed by atoms with Crippen LogP contribution in [0.25, 0.3) is 21.5 Å². The molecule has 12 heteroatoms. The highest BCUT2D eigenvalue weighted by Crippen LogP contribution is 2.39. The van der Waals surface area contributed by atoms with E-state index >= 15 is 0 Å². The normalized spacial score (nSPS) is 32.3. The molecule has 0 aliphatic carbocycles. The molecule has 3 aromatic carbocycles. The second-order valence-corrected chi connectivity index (χ2v) is 12.2. The van der Waals surface area contributed by atoms with Gasteiger partial charge in [0.1, 0.15) is 29.9 Å². The van der Waals surface area contributed by atoms with Crippen molar-refractivity contribution < 1.29 is 28.4 Å². The van der Waals surface area contributed by atoms with Gasteiger partial charge in [-0.2, -0.15) is 0 Å². The van der Waals surface area contributed by atoms with Gasteiger partial charge in [-0.05, 0) is 28.8 Å². The van der Waals surface area contributed by atoms with E-state index in [9.17, 15) is 5.53 Å². The third-order valence-electron chi connectivity index (χ3n) is 9.22. The zero-order valence-electron chi connectivity index (χ0n) is 25.8. The monoisotopic (exact) mass is 626 g/mol. The van der Waals surface area contributed by atoms with Crippen LogP contribution in [-0.4, -0.2) is 70.7 Å². The van der Waals surface area contributed by atoms with E-state index in [-0.39, 0.29) is 30.7 Å². The fourth-order valence-electron chi connectivity index (χ4n) is 6.74.